The first-order valence-corrected chi connectivity index (χ1v) is 17.0. The summed E-state index contributed by atoms with van der Waals surface area (Å²) in [7, 11) is -2.55. The predicted octanol–water partition coefficient (Wildman–Crippen LogP) is 6.15. The molecule has 0 aliphatic carbocycles. The molecule has 7 aromatic rings. The number of hydrogen-bond donors (Lipinski definition) is 0. The Morgan fingerprint density at radius 1 is 0.409 bits per heavy atom. The molecule has 1 aromatic heterocycles. The van der Waals surface area contributed by atoms with Gasteiger partial charge in [0.25, 0.3) is 0 Å². The van der Waals surface area contributed by atoms with E-state index in [0.29, 0.717) is 18.1 Å². The van der Waals surface area contributed by atoms with E-state index < -0.39 is 8.07 Å². The molecule has 1 aliphatic heterocycles. The summed E-state index contributed by atoms with van der Waals surface area (Å²) < 4.78 is 0. The van der Waals surface area contributed by atoms with E-state index >= 15 is 0 Å². The highest BCUT2D eigenvalue weighted by molar-refractivity contribution is 7.22. The zero-order chi connectivity index (χ0) is 29.3. The third kappa shape index (κ3) is 4.39. The Hall–Kier alpha value is -5.45. The maximum atomic E-state index is 5.00. The lowest BCUT2D eigenvalue weighted by Crippen LogP contribution is -2.72. The van der Waals surface area contributed by atoms with Gasteiger partial charge in [-0.1, -0.05) is 164 Å². The summed E-state index contributed by atoms with van der Waals surface area (Å²) in [5, 5.41) is 5.66. The Balaban J connectivity index is 1.31. The maximum absolute atomic E-state index is 5.00. The fraction of sp³-hybridized carbons (Fsp3) is 0.0250. The van der Waals surface area contributed by atoms with Crippen LogP contribution in [0.4, 0.5) is 0 Å². The van der Waals surface area contributed by atoms with Gasteiger partial charge < -0.3 is 0 Å². The topological polar surface area (TPSA) is 38.7 Å². The molecule has 0 bridgehead atoms. The van der Waals surface area contributed by atoms with E-state index in [2.05, 4.69) is 127 Å². The van der Waals surface area contributed by atoms with E-state index in [1.165, 1.54) is 37.4 Å². The zero-order valence-electron chi connectivity index (χ0n) is 24.1. The molecule has 0 spiro atoms. The second-order valence-electron chi connectivity index (χ2n) is 11.2. The molecule has 0 saturated carbocycles. The molecule has 0 unspecified atom stereocenters. The second kappa shape index (κ2) is 11.0. The number of hydrogen-bond acceptors (Lipinski definition) is 3. The molecule has 0 fully saturated rings. The van der Waals surface area contributed by atoms with Gasteiger partial charge in [-0.25, -0.2) is 15.0 Å². The van der Waals surface area contributed by atoms with Crippen molar-refractivity contribution in [3.63, 3.8) is 0 Å². The molecule has 2 heterocycles. The molecule has 3 nitrogen and oxygen atoms in total. The van der Waals surface area contributed by atoms with E-state index in [9.17, 15) is 0 Å². The van der Waals surface area contributed by atoms with Crippen molar-refractivity contribution in [2.45, 2.75) is 6.42 Å². The van der Waals surface area contributed by atoms with Crippen molar-refractivity contribution in [2.24, 2.45) is 0 Å². The molecule has 4 heteroatoms. The Morgan fingerprint density at radius 3 is 1.45 bits per heavy atom. The van der Waals surface area contributed by atoms with Gasteiger partial charge in [-0.2, -0.15) is 0 Å². The first kappa shape index (κ1) is 26.2. The first-order chi connectivity index (χ1) is 21.8. The molecule has 0 amide bonds. The van der Waals surface area contributed by atoms with Crippen LogP contribution >= 0.6 is 0 Å². The van der Waals surface area contributed by atoms with Crippen LogP contribution in [0.3, 0.4) is 0 Å². The smallest absolute Gasteiger partial charge is 0.180 e. The Bertz CT molecular complexity index is 1980. The third-order valence-corrected chi connectivity index (χ3v) is 13.5. The number of nitrogens with zero attached hydrogens (tertiary/aromatic N) is 3. The number of benzene rings is 6. The zero-order valence-corrected chi connectivity index (χ0v) is 25.1. The van der Waals surface area contributed by atoms with Crippen molar-refractivity contribution in [1.29, 1.82) is 0 Å². The minimum atomic E-state index is -2.55. The molecule has 6 aromatic carbocycles. The monoisotopic (exact) mass is 579 g/mol. The highest BCUT2D eigenvalue weighted by atomic mass is 28.3. The summed E-state index contributed by atoms with van der Waals surface area (Å²) in [6, 6.07) is 58.6. The largest absolute Gasteiger partial charge is 0.213 e. The van der Waals surface area contributed by atoms with E-state index in [0.717, 1.165) is 17.0 Å². The quantitative estimate of drug-likeness (QED) is 0.222. The van der Waals surface area contributed by atoms with E-state index in [-0.39, 0.29) is 0 Å². The van der Waals surface area contributed by atoms with Gasteiger partial charge in [0.2, 0.25) is 0 Å². The van der Waals surface area contributed by atoms with Gasteiger partial charge in [0.15, 0.2) is 19.7 Å². The van der Waals surface area contributed by atoms with Crippen molar-refractivity contribution in [2.75, 3.05) is 0 Å². The maximum Gasteiger partial charge on any atom is 0.180 e. The van der Waals surface area contributed by atoms with E-state index in [1.54, 1.807) is 0 Å². The minimum Gasteiger partial charge on any atom is -0.213 e. The summed E-state index contributed by atoms with van der Waals surface area (Å²) in [5.74, 6) is 2.15. The first-order valence-electron chi connectivity index (χ1n) is 15.0. The van der Waals surface area contributed by atoms with E-state index in [4.69, 9.17) is 15.0 Å². The summed E-state index contributed by atoms with van der Waals surface area (Å²) in [5.41, 5.74) is 5.83. The fourth-order valence-electron chi connectivity index (χ4n) is 6.72. The third-order valence-electron chi connectivity index (χ3n) is 8.63. The van der Waals surface area contributed by atoms with Crippen LogP contribution in [-0.4, -0.2) is 23.0 Å². The van der Waals surface area contributed by atoms with Crippen molar-refractivity contribution in [3.05, 3.63) is 175 Å². The van der Waals surface area contributed by atoms with Gasteiger partial charge in [0, 0.05) is 17.5 Å². The van der Waals surface area contributed by atoms with E-state index in [1.807, 2.05) is 36.4 Å². The molecule has 0 atom stereocenters. The lowest BCUT2D eigenvalue weighted by atomic mass is 10.0. The fourth-order valence-corrected chi connectivity index (χ4v) is 12.0. The molecule has 8 rings (SSSR count). The predicted molar refractivity (Wildman–Crippen MR) is 183 cm³/mol. The van der Waals surface area contributed by atoms with Crippen LogP contribution in [-0.2, 0) is 6.42 Å². The normalized spacial score (nSPS) is 12.8. The molecular weight excluding hydrogens is 551 g/mol. The number of fused-ring (bicyclic) bond motifs is 3. The highest BCUT2D eigenvalue weighted by Gasteiger charge is 2.48. The summed E-state index contributed by atoms with van der Waals surface area (Å²) in [6.07, 6.45) is 0.611. The average Bonchev–Trinajstić information content (AvgIpc) is 3.40. The molecule has 0 radical (unpaired) electrons. The highest BCUT2D eigenvalue weighted by Crippen LogP contribution is 2.30. The van der Waals surface area contributed by atoms with Crippen LogP contribution in [0.15, 0.2) is 164 Å². The van der Waals surface area contributed by atoms with Crippen molar-refractivity contribution < 1.29 is 0 Å². The van der Waals surface area contributed by atoms with Gasteiger partial charge >= 0.3 is 0 Å². The molecule has 0 N–H and O–H groups in total. The van der Waals surface area contributed by atoms with Gasteiger partial charge in [0.05, 0.1) is 0 Å². The van der Waals surface area contributed by atoms with Crippen LogP contribution in [0.2, 0.25) is 0 Å². The summed E-state index contributed by atoms with van der Waals surface area (Å²) in [6.45, 7) is 0. The molecule has 208 valence electrons. The van der Waals surface area contributed by atoms with Crippen LogP contribution in [0.25, 0.3) is 33.9 Å². The standard InChI is InChI=1S/C40H29N3Si/c1-5-15-30(16-6-1)39-41-38(42-40(43-39)31-17-7-2-8-18-31)28-29-25-26-35-34-23-13-14-24-36(34)44(37(35)27-29,32-19-9-3-10-20-32)33-21-11-4-12-22-33/h1-27H,28H2. The number of rotatable bonds is 6. The molecule has 0 saturated heterocycles. The summed E-state index contributed by atoms with van der Waals surface area (Å²) >= 11 is 0. The Morgan fingerprint density at radius 2 is 0.886 bits per heavy atom. The van der Waals surface area contributed by atoms with Crippen LogP contribution in [0.1, 0.15) is 11.4 Å². The Kier molecular flexibility index (Phi) is 6.54. The van der Waals surface area contributed by atoms with Gasteiger partial charge in [-0.05, 0) is 37.4 Å². The van der Waals surface area contributed by atoms with Gasteiger partial charge in [-0.15, -0.1) is 0 Å². The van der Waals surface area contributed by atoms with Crippen LogP contribution < -0.4 is 20.7 Å². The summed E-state index contributed by atoms with van der Waals surface area (Å²) in [4.78, 5) is 14.9. The lowest BCUT2D eigenvalue weighted by Gasteiger charge is -2.31. The average molecular weight is 580 g/mol. The molecular formula is C40H29N3Si. The van der Waals surface area contributed by atoms with Crippen molar-refractivity contribution >= 4 is 28.8 Å². The van der Waals surface area contributed by atoms with Crippen LogP contribution in [0.5, 0.6) is 0 Å². The second-order valence-corrected chi connectivity index (χ2v) is 14.9. The number of aromatic nitrogens is 3. The lowest BCUT2D eigenvalue weighted by molar-refractivity contribution is 0.933. The van der Waals surface area contributed by atoms with Gasteiger partial charge in [-0.3, -0.25) is 0 Å². The van der Waals surface area contributed by atoms with Crippen molar-refractivity contribution in [1.82, 2.24) is 15.0 Å². The van der Waals surface area contributed by atoms with Crippen molar-refractivity contribution in [3.8, 4) is 33.9 Å². The Labute approximate surface area is 258 Å². The minimum absolute atomic E-state index is 0.611. The van der Waals surface area contributed by atoms with Crippen LogP contribution in [0, 0.1) is 0 Å². The van der Waals surface area contributed by atoms with Gasteiger partial charge in [0.1, 0.15) is 5.82 Å². The SMILES string of the molecule is c1ccc(-c2nc(Cc3ccc4c(c3)[Si](c3ccccc3)(c3ccccc3)c3ccccc3-4)nc(-c3ccccc3)n2)cc1. The molecule has 1 aliphatic rings. The molecule has 44 heavy (non-hydrogen) atoms.